The standard InChI is InChI=1S/C16H19N3O5/c1-3-23-15(21)6-5-14(20)18-11-7-8-19-13(9-11)12(10-17-19)16(22)24-4-2/h7-10H,3-6H2,1-2H3,(H,18,20). The quantitative estimate of drug-likeness (QED) is 0.776. The van der Waals surface area contributed by atoms with E-state index in [1.807, 2.05) is 0 Å². The second-order valence-corrected chi connectivity index (χ2v) is 4.88. The van der Waals surface area contributed by atoms with Crippen LogP contribution in [0.15, 0.2) is 24.5 Å². The van der Waals surface area contributed by atoms with Crippen molar-refractivity contribution in [2.45, 2.75) is 26.7 Å². The first-order chi connectivity index (χ1) is 11.5. The van der Waals surface area contributed by atoms with Crippen LogP contribution in [0, 0.1) is 0 Å². The number of carbonyl (C=O) groups is 3. The molecular weight excluding hydrogens is 314 g/mol. The van der Waals surface area contributed by atoms with Gasteiger partial charge in [-0.05, 0) is 26.0 Å². The Kier molecular flexibility index (Phi) is 5.89. The van der Waals surface area contributed by atoms with Crippen molar-refractivity contribution in [1.82, 2.24) is 9.61 Å². The van der Waals surface area contributed by atoms with Gasteiger partial charge in [0.1, 0.15) is 5.56 Å². The molecule has 24 heavy (non-hydrogen) atoms. The molecule has 128 valence electrons. The molecule has 1 amide bonds. The number of esters is 2. The molecule has 0 aliphatic carbocycles. The summed E-state index contributed by atoms with van der Waals surface area (Å²) in [6.45, 7) is 3.98. The lowest BCUT2D eigenvalue weighted by Crippen LogP contribution is -2.14. The molecule has 8 nitrogen and oxygen atoms in total. The lowest BCUT2D eigenvalue weighted by Gasteiger charge is -2.06. The molecule has 8 heteroatoms. The minimum Gasteiger partial charge on any atom is -0.466 e. The van der Waals surface area contributed by atoms with Gasteiger partial charge in [0.2, 0.25) is 5.91 Å². The van der Waals surface area contributed by atoms with Crippen LogP contribution in [-0.4, -0.2) is 40.7 Å². The Bertz CT molecular complexity index is 753. The summed E-state index contributed by atoms with van der Waals surface area (Å²) in [5.41, 5.74) is 1.35. The van der Waals surface area contributed by atoms with E-state index in [2.05, 4.69) is 10.4 Å². The van der Waals surface area contributed by atoms with E-state index >= 15 is 0 Å². The second-order valence-electron chi connectivity index (χ2n) is 4.88. The molecule has 0 bridgehead atoms. The van der Waals surface area contributed by atoms with Gasteiger partial charge < -0.3 is 14.8 Å². The highest BCUT2D eigenvalue weighted by atomic mass is 16.5. The molecule has 0 radical (unpaired) electrons. The summed E-state index contributed by atoms with van der Waals surface area (Å²) in [5.74, 6) is -1.20. The average molecular weight is 333 g/mol. The molecule has 1 N–H and O–H groups in total. The largest absolute Gasteiger partial charge is 0.466 e. The van der Waals surface area contributed by atoms with E-state index in [9.17, 15) is 14.4 Å². The minimum atomic E-state index is -0.474. The highest BCUT2D eigenvalue weighted by Gasteiger charge is 2.15. The minimum absolute atomic E-state index is 0.0165. The summed E-state index contributed by atoms with van der Waals surface area (Å²) in [5, 5.41) is 6.74. The zero-order chi connectivity index (χ0) is 17.5. The molecule has 0 unspecified atom stereocenters. The number of aromatic nitrogens is 2. The molecule has 2 aromatic heterocycles. The molecule has 0 saturated carbocycles. The van der Waals surface area contributed by atoms with E-state index in [1.165, 1.54) is 10.7 Å². The van der Waals surface area contributed by atoms with Gasteiger partial charge in [-0.15, -0.1) is 0 Å². The Morgan fingerprint density at radius 2 is 1.92 bits per heavy atom. The summed E-state index contributed by atoms with van der Waals surface area (Å²) in [6, 6.07) is 3.28. The molecule has 0 aromatic carbocycles. The van der Waals surface area contributed by atoms with Gasteiger partial charge in [-0.2, -0.15) is 5.10 Å². The molecule has 0 saturated heterocycles. The molecule has 0 spiro atoms. The molecule has 0 atom stereocenters. The molecular formula is C16H19N3O5. The maximum absolute atomic E-state index is 11.9. The molecule has 0 fully saturated rings. The predicted molar refractivity (Wildman–Crippen MR) is 85.6 cm³/mol. The van der Waals surface area contributed by atoms with Crippen LogP contribution in [0.5, 0.6) is 0 Å². The predicted octanol–water partition coefficient (Wildman–Crippen LogP) is 1.79. The Hall–Kier alpha value is -2.90. The lowest BCUT2D eigenvalue weighted by atomic mass is 10.2. The van der Waals surface area contributed by atoms with Gasteiger partial charge in [-0.1, -0.05) is 0 Å². The van der Waals surface area contributed by atoms with E-state index in [4.69, 9.17) is 9.47 Å². The van der Waals surface area contributed by atoms with Gasteiger partial charge in [-0.3, -0.25) is 9.59 Å². The average Bonchev–Trinajstić information content (AvgIpc) is 2.97. The van der Waals surface area contributed by atoms with Crippen molar-refractivity contribution in [2.75, 3.05) is 18.5 Å². The van der Waals surface area contributed by atoms with Crippen LogP contribution in [0.25, 0.3) is 5.52 Å². The molecule has 2 heterocycles. The van der Waals surface area contributed by atoms with Gasteiger partial charge in [0.05, 0.1) is 31.3 Å². The number of amides is 1. The van der Waals surface area contributed by atoms with E-state index in [0.29, 0.717) is 16.8 Å². The van der Waals surface area contributed by atoms with Crippen LogP contribution in [0.2, 0.25) is 0 Å². The molecule has 0 aliphatic rings. The number of hydrogen-bond donors (Lipinski definition) is 1. The SMILES string of the molecule is CCOC(=O)CCC(=O)Nc1ccn2ncc(C(=O)OCC)c2c1. The van der Waals surface area contributed by atoms with Crippen LogP contribution in [0.1, 0.15) is 37.0 Å². The number of ether oxygens (including phenoxy) is 2. The van der Waals surface area contributed by atoms with Crippen LogP contribution in [0.4, 0.5) is 5.69 Å². The second kappa shape index (κ2) is 8.09. The fourth-order valence-corrected chi connectivity index (χ4v) is 2.10. The van der Waals surface area contributed by atoms with Crippen LogP contribution in [0.3, 0.4) is 0 Å². The maximum atomic E-state index is 11.9. The highest BCUT2D eigenvalue weighted by Crippen LogP contribution is 2.17. The Morgan fingerprint density at radius 3 is 2.62 bits per heavy atom. The summed E-state index contributed by atoms with van der Waals surface area (Å²) in [7, 11) is 0. The first-order valence-corrected chi connectivity index (χ1v) is 7.65. The third-order valence-electron chi connectivity index (χ3n) is 3.16. The summed E-state index contributed by atoms with van der Waals surface area (Å²) < 4.78 is 11.3. The van der Waals surface area contributed by atoms with Gasteiger partial charge in [-0.25, -0.2) is 9.31 Å². The summed E-state index contributed by atoms with van der Waals surface area (Å²) in [6.07, 6.45) is 3.08. The first kappa shape index (κ1) is 17.5. The summed E-state index contributed by atoms with van der Waals surface area (Å²) >= 11 is 0. The van der Waals surface area contributed by atoms with Gasteiger partial charge in [0.15, 0.2) is 0 Å². The van der Waals surface area contributed by atoms with Crippen LogP contribution in [-0.2, 0) is 19.1 Å². The number of rotatable bonds is 7. The smallest absolute Gasteiger partial charge is 0.341 e. The van der Waals surface area contributed by atoms with Crippen molar-refractivity contribution < 1.29 is 23.9 Å². The van der Waals surface area contributed by atoms with E-state index in [0.717, 1.165) is 0 Å². The number of nitrogens with zero attached hydrogens (tertiary/aromatic N) is 2. The normalized spacial score (nSPS) is 10.4. The maximum Gasteiger partial charge on any atom is 0.341 e. The third-order valence-corrected chi connectivity index (χ3v) is 3.16. The van der Waals surface area contributed by atoms with E-state index in [1.54, 1.807) is 32.2 Å². The van der Waals surface area contributed by atoms with Crippen molar-refractivity contribution in [1.29, 1.82) is 0 Å². The van der Waals surface area contributed by atoms with Gasteiger partial charge in [0.25, 0.3) is 0 Å². The number of pyridine rings is 1. The summed E-state index contributed by atoms with van der Waals surface area (Å²) in [4.78, 5) is 35.0. The fraction of sp³-hybridized carbons (Fsp3) is 0.375. The number of hydrogen-bond acceptors (Lipinski definition) is 6. The fourth-order valence-electron chi connectivity index (χ4n) is 2.10. The molecule has 2 aromatic rings. The van der Waals surface area contributed by atoms with Crippen molar-refractivity contribution in [2.24, 2.45) is 0 Å². The van der Waals surface area contributed by atoms with Crippen LogP contribution < -0.4 is 5.32 Å². The van der Waals surface area contributed by atoms with E-state index < -0.39 is 11.9 Å². The first-order valence-electron chi connectivity index (χ1n) is 7.65. The number of nitrogens with one attached hydrogen (secondary N) is 1. The Morgan fingerprint density at radius 1 is 1.17 bits per heavy atom. The molecule has 0 aliphatic heterocycles. The molecule has 2 rings (SSSR count). The van der Waals surface area contributed by atoms with Crippen molar-refractivity contribution in [3.05, 3.63) is 30.1 Å². The number of anilines is 1. The monoisotopic (exact) mass is 333 g/mol. The van der Waals surface area contributed by atoms with Crippen LogP contribution >= 0.6 is 0 Å². The van der Waals surface area contributed by atoms with Gasteiger partial charge >= 0.3 is 11.9 Å². The zero-order valence-electron chi connectivity index (χ0n) is 13.6. The number of carbonyl (C=O) groups excluding carboxylic acids is 3. The van der Waals surface area contributed by atoms with Crippen molar-refractivity contribution in [3.63, 3.8) is 0 Å². The lowest BCUT2D eigenvalue weighted by molar-refractivity contribution is -0.144. The number of fused-ring (bicyclic) bond motifs is 1. The van der Waals surface area contributed by atoms with Crippen molar-refractivity contribution >= 4 is 29.0 Å². The topological polar surface area (TPSA) is 99.0 Å². The highest BCUT2D eigenvalue weighted by molar-refractivity contribution is 5.98. The zero-order valence-corrected chi connectivity index (χ0v) is 13.6. The van der Waals surface area contributed by atoms with E-state index in [-0.39, 0.29) is 32.0 Å². The third kappa shape index (κ3) is 4.31. The van der Waals surface area contributed by atoms with Gasteiger partial charge in [0, 0.05) is 18.3 Å². The Labute approximate surface area is 138 Å². The van der Waals surface area contributed by atoms with Crippen molar-refractivity contribution in [3.8, 4) is 0 Å². The Balaban J connectivity index is 2.07.